The summed E-state index contributed by atoms with van der Waals surface area (Å²) in [5.41, 5.74) is 11.0. The van der Waals surface area contributed by atoms with E-state index in [-0.39, 0.29) is 11.9 Å². The minimum Gasteiger partial charge on any atom is -0.398 e. The molecule has 1 amide bonds. The normalized spacial score (nSPS) is 17.2. The number of benzene rings is 2. The number of hydrogen-bond donors (Lipinski definition) is 3. The molecule has 5 rings (SSSR count). The van der Waals surface area contributed by atoms with Crippen LogP contribution in [0.2, 0.25) is 0 Å². The van der Waals surface area contributed by atoms with E-state index in [2.05, 4.69) is 34.0 Å². The number of hydrogen-bond acceptors (Lipinski definition) is 5. The summed E-state index contributed by atoms with van der Waals surface area (Å²) in [7, 11) is 0. The topological polar surface area (TPSA) is 99.9 Å². The van der Waals surface area contributed by atoms with E-state index in [0.717, 1.165) is 65.9 Å². The Morgan fingerprint density at radius 1 is 1.23 bits per heavy atom. The second-order valence-corrected chi connectivity index (χ2v) is 9.72. The van der Waals surface area contributed by atoms with Gasteiger partial charge < -0.3 is 20.9 Å². The van der Waals surface area contributed by atoms with Gasteiger partial charge in [0.2, 0.25) is 0 Å². The van der Waals surface area contributed by atoms with Crippen molar-refractivity contribution in [1.29, 1.82) is 0 Å². The van der Waals surface area contributed by atoms with Crippen LogP contribution in [0.3, 0.4) is 0 Å². The first-order valence-corrected chi connectivity index (χ1v) is 12.7. The summed E-state index contributed by atoms with van der Waals surface area (Å²) in [6, 6.07) is 13.8. The van der Waals surface area contributed by atoms with Crippen LogP contribution in [0.25, 0.3) is 33.3 Å². The molecule has 0 aliphatic carbocycles. The smallest absolute Gasteiger partial charge is 0.254 e. The van der Waals surface area contributed by atoms with Crippen molar-refractivity contribution < 1.29 is 4.79 Å². The fourth-order valence-electron chi connectivity index (χ4n) is 4.98. The maximum Gasteiger partial charge on any atom is 0.254 e. The molecule has 2 unspecified atom stereocenters. The third-order valence-electron chi connectivity index (χ3n) is 7.34. The van der Waals surface area contributed by atoms with E-state index in [1.165, 1.54) is 12.8 Å². The van der Waals surface area contributed by atoms with Crippen LogP contribution in [0, 0.1) is 5.92 Å². The van der Waals surface area contributed by atoms with Crippen molar-refractivity contribution in [1.82, 2.24) is 25.2 Å². The Hall–Kier alpha value is -3.45. The molecule has 0 bridgehead atoms. The van der Waals surface area contributed by atoms with Gasteiger partial charge in [-0.05, 0) is 36.6 Å². The summed E-state index contributed by atoms with van der Waals surface area (Å²) in [5, 5.41) is 4.37. The number of para-hydroxylation sites is 1. The van der Waals surface area contributed by atoms with Gasteiger partial charge >= 0.3 is 0 Å². The number of nitrogens with zero attached hydrogens (tertiary/aromatic N) is 3. The molecule has 2 aromatic heterocycles. The number of piperazine rings is 1. The first-order valence-electron chi connectivity index (χ1n) is 12.7. The Morgan fingerprint density at radius 2 is 2.09 bits per heavy atom. The Morgan fingerprint density at radius 3 is 2.94 bits per heavy atom. The van der Waals surface area contributed by atoms with Crippen molar-refractivity contribution in [2.75, 3.05) is 25.4 Å². The number of amides is 1. The number of carbonyl (C=O) groups is 1. The van der Waals surface area contributed by atoms with Gasteiger partial charge in [-0.2, -0.15) is 0 Å². The Bertz CT molecular complexity index is 1350. The first kappa shape index (κ1) is 23.3. The lowest BCUT2D eigenvalue weighted by molar-refractivity contribution is 0.0621. The van der Waals surface area contributed by atoms with Crippen molar-refractivity contribution in [2.24, 2.45) is 5.92 Å². The summed E-state index contributed by atoms with van der Waals surface area (Å²) < 4.78 is 0. The van der Waals surface area contributed by atoms with E-state index in [1.54, 1.807) is 6.20 Å². The Kier molecular flexibility index (Phi) is 6.68. The maximum atomic E-state index is 13.5. The first-order chi connectivity index (χ1) is 17.0. The summed E-state index contributed by atoms with van der Waals surface area (Å²) in [5.74, 6) is 1.48. The molecule has 2 atom stereocenters. The number of pyridine rings is 1. The molecule has 1 fully saturated rings. The largest absolute Gasteiger partial charge is 0.398 e. The Balaban J connectivity index is 1.39. The molecule has 1 aliphatic rings. The Labute approximate surface area is 206 Å². The fraction of sp³-hybridized carbons (Fsp3) is 0.393. The van der Waals surface area contributed by atoms with Crippen molar-refractivity contribution in [3.05, 3.63) is 54.2 Å². The van der Waals surface area contributed by atoms with Gasteiger partial charge in [0, 0.05) is 42.8 Å². The predicted molar refractivity (Wildman–Crippen MR) is 142 cm³/mol. The molecule has 35 heavy (non-hydrogen) atoms. The van der Waals surface area contributed by atoms with Gasteiger partial charge in [-0.25, -0.2) is 4.98 Å². The SMILES string of the molecule is CCC(C)CCCC1CNCCN1C(=O)c1ccc2nc(-c3cnc4ccccc4c3N)[nH]c2c1. The molecule has 1 saturated heterocycles. The third kappa shape index (κ3) is 4.73. The van der Waals surface area contributed by atoms with Crippen LogP contribution in [-0.4, -0.2) is 51.4 Å². The summed E-state index contributed by atoms with van der Waals surface area (Å²) in [6.07, 6.45) is 6.36. The molecule has 4 aromatic rings. The van der Waals surface area contributed by atoms with Crippen molar-refractivity contribution in [3.8, 4) is 11.4 Å². The van der Waals surface area contributed by atoms with Gasteiger partial charge in [-0.1, -0.05) is 51.3 Å². The van der Waals surface area contributed by atoms with Gasteiger partial charge in [0.1, 0.15) is 5.82 Å². The van der Waals surface area contributed by atoms with Gasteiger partial charge in [-0.3, -0.25) is 9.78 Å². The molecule has 3 heterocycles. The zero-order valence-corrected chi connectivity index (χ0v) is 20.6. The number of carbonyl (C=O) groups excluding carboxylic acids is 1. The number of rotatable bonds is 7. The number of imidazole rings is 1. The monoisotopic (exact) mass is 470 g/mol. The lowest BCUT2D eigenvalue weighted by Crippen LogP contribution is -2.53. The lowest BCUT2D eigenvalue weighted by Gasteiger charge is -2.36. The minimum atomic E-state index is 0.0879. The number of nitrogen functional groups attached to an aromatic ring is 1. The summed E-state index contributed by atoms with van der Waals surface area (Å²) >= 11 is 0. The standard InChI is InChI=1S/C28H34N6O/c1-3-18(2)7-6-8-20-16-30-13-14-34(20)28(35)19-11-12-24-25(15-19)33-27(32-24)22-17-31-23-10-5-4-9-21(23)26(22)29/h4-5,9-12,15,17-18,20,30H,3,6-8,13-14,16H2,1-2H3,(H2,29,31)(H,32,33). The lowest BCUT2D eigenvalue weighted by atomic mass is 9.97. The highest BCUT2D eigenvalue weighted by Crippen LogP contribution is 2.31. The molecular formula is C28H34N6O. The molecule has 1 aliphatic heterocycles. The van der Waals surface area contributed by atoms with Crippen LogP contribution < -0.4 is 11.1 Å². The molecular weight excluding hydrogens is 436 g/mol. The van der Waals surface area contributed by atoms with E-state index in [1.807, 2.05) is 42.5 Å². The molecule has 2 aromatic carbocycles. The number of fused-ring (bicyclic) bond motifs is 2. The number of H-pyrrole nitrogens is 1. The van der Waals surface area contributed by atoms with Gasteiger partial charge in [0.15, 0.2) is 0 Å². The van der Waals surface area contributed by atoms with E-state index in [0.29, 0.717) is 17.1 Å². The second kappa shape index (κ2) is 10.0. The second-order valence-electron chi connectivity index (χ2n) is 9.72. The third-order valence-corrected chi connectivity index (χ3v) is 7.34. The van der Waals surface area contributed by atoms with Gasteiger partial charge in [0.05, 0.1) is 27.8 Å². The van der Waals surface area contributed by atoms with Crippen LogP contribution in [0.15, 0.2) is 48.7 Å². The molecule has 4 N–H and O–H groups in total. The van der Waals surface area contributed by atoms with Crippen molar-refractivity contribution >= 4 is 33.5 Å². The number of nitrogens with one attached hydrogen (secondary N) is 2. The van der Waals surface area contributed by atoms with Crippen LogP contribution in [0.4, 0.5) is 5.69 Å². The van der Waals surface area contributed by atoms with Gasteiger partial charge in [-0.15, -0.1) is 0 Å². The highest BCUT2D eigenvalue weighted by Gasteiger charge is 2.27. The quantitative estimate of drug-likeness (QED) is 0.353. The van der Waals surface area contributed by atoms with Crippen LogP contribution in [-0.2, 0) is 0 Å². The number of aromatic amines is 1. The summed E-state index contributed by atoms with van der Waals surface area (Å²) in [6.45, 7) is 6.97. The fourth-order valence-corrected chi connectivity index (χ4v) is 4.98. The van der Waals surface area contributed by atoms with Crippen LogP contribution in [0.5, 0.6) is 0 Å². The molecule has 182 valence electrons. The van der Waals surface area contributed by atoms with Crippen molar-refractivity contribution in [3.63, 3.8) is 0 Å². The van der Waals surface area contributed by atoms with E-state index >= 15 is 0 Å². The van der Waals surface area contributed by atoms with E-state index < -0.39 is 0 Å². The predicted octanol–water partition coefficient (Wildman–Crippen LogP) is 4.99. The minimum absolute atomic E-state index is 0.0879. The average molecular weight is 471 g/mol. The molecule has 0 radical (unpaired) electrons. The number of aromatic nitrogens is 3. The molecule has 0 spiro atoms. The summed E-state index contributed by atoms with van der Waals surface area (Å²) in [4.78, 5) is 28.2. The molecule has 0 saturated carbocycles. The highest BCUT2D eigenvalue weighted by molar-refractivity contribution is 6.00. The molecule has 7 nitrogen and oxygen atoms in total. The molecule has 7 heteroatoms. The van der Waals surface area contributed by atoms with E-state index in [4.69, 9.17) is 10.7 Å². The number of anilines is 1. The zero-order valence-electron chi connectivity index (χ0n) is 20.6. The van der Waals surface area contributed by atoms with Gasteiger partial charge in [0.25, 0.3) is 5.91 Å². The van der Waals surface area contributed by atoms with Crippen molar-refractivity contribution in [2.45, 2.75) is 45.6 Å². The number of nitrogens with two attached hydrogens (primary N) is 1. The maximum absolute atomic E-state index is 13.5. The zero-order chi connectivity index (χ0) is 24.4. The van der Waals surface area contributed by atoms with E-state index in [9.17, 15) is 4.79 Å². The van der Waals surface area contributed by atoms with Crippen LogP contribution in [0.1, 0.15) is 49.9 Å². The highest BCUT2D eigenvalue weighted by atomic mass is 16.2. The van der Waals surface area contributed by atoms with Crippen LogP contribution >= 0.6 is 0 Å². The average Bonchev–Trinajstić information content (AvgIpc) is 3.32.